The van der Waals surface area contributed by atoms with Crippen molar-refractivity contribution >= 4 is 18.3 Å². The molecular formula is C29H30F3N3O2. The number of hydrogen-bond donors (Lipinski definition) is 2. The number of nitrogens with two attached hydrogens (primary N) is 1. The summed E-state index contributed by atoms with van der Waals surface area (Å²) in [6.45, 7) is 4.71. The molecule has 0 aliphatic carbocycles. The zero-order valence-corrected chi connectivity index (χ0v) is 21.2. The summed E-state index contributed by atoms with van der Waals surface area (Å²) in [6.07, 6.45) is 5.37. The molecule has 37 heavy (non-hydrogen) atoms. The summed E-state index contributed by atoms with van der Waals surface area (Å²) in [5.41, 5.74) is 6.58. The van der Waals surface area contributed by atoms with Gasteiger partial charge >= 0.3 is 5.97 Å². The minimum absolute atomic E-state index is 0.0413. The standard InChI is InChI=1S/C29H30F3N3O2/c1-18-11-22-12-19(5-6-21(15-33)16-34-4)7-9-23(22)28(35(18)17-29(2,3)32)27-24(30)13-20(14-25(27)31)8-10-26(36)37/h7-10,12-16,18,28H,11,17,33H2,1-4H3,(H,36,37)/b10-8+,21-15?,34-16?/t18-,28?/m1/s1. The highest BCUT2D eigenvalue weighted by atomic mass is 19.1. The van der Waals surface area contributed by atoms with Crippen molar-refractivity contribution in [3.63, 3.8) is 0 Å². The van der Waals surface area contributed by atoms with Gasteiger partial charge in [-0.1, -0.05) is 17.9 Å². The van der Waals surface area contributed by atoms with Gasteiger partial charge < -0.3 is 10.8 Å². The quantitative estimate of drug-likeness (QED) is 0.325. The van der Waals surface area contributed by atoms with Crippen LogP contribution in [0.2, 0.25) is 0 Å². The molecule has 1 heterocycles. The molecule has 0 saturated heterocycles. The van der Waals surface area contributed by atoms with Gasteiger partial charge in [0.05, 0.1) is 11.6 Å². The first-order valence-electron chi connectivity index (χ1n) is 11.8. The van der Waals surface area contributed by atoms with Crippen LogP contribution in [-0.4, -0.2) is 47.5 Å². The molecule has 194 valence electrons. The molecule has 3 N–H and O–H groups in total. The van der Waals surface area contributed by atoms with E-state index >= 15 is 8.78 Å². The third-order valence-electron chi connectivity index (χ3n) is 6.00. The number of hydrogen-bond acceptors (Lipinski definition) is 4. The third-order valence-corrected chi connectivity index (χ3v) is 6.00. The van der Waals surface area contributed by atoms with Gasteiger partial charge in [0.1, 0.15) is 17.3 Å². The van der Waals surface area contributed by atoms with E-state index in [1.54, 1.807) is 30.3 Å². The second-order valence-electron chi connectivity index (χ2n) is 9.59. The number of carbonyl (C=O) groups is 1. The van der Waals surface area contributed by atoms with Crippen LogP contribution in [0.4, 0.5) is 13.2 Å². The predicted molar refractivity (Wildman–Crippen MR) is 140 cm³/mol. The highest BCUT2D eigenvalue weighted by molar-refractivity contribution is 5.85. The van der Waals surface area contributed by atoms with Gasteiger partial charge in [-0.25, -0.2) is 18.0 Å². The molecule has 5 nitrogen and oxygen atoms in total. The van der Waals surface area contributed by atoms with Crippen LogP contribution in [0.5, 0.6) is 0 Å². The Balaban J connectivity index is 2.15. The van der Waals surface area contributed by atoms with Crippen molar-refractivity contribution in [1.29, 1.82) is 0 Å². The van der Waals surface area contributed by atoms with Crippen LogP contribution in [0.15, 0.2) is 53.2 Å². The molecule has 0 spiro atoms. The van der Waals surface area contributed by atoms with Crippen molar-refractivity contribution < 1.29 is 23.1 Å². The number of nitrogens with zero attached hydrogens (tertiary/aromatic N) is 2. The molecular weight excluding hydrogens is 479 g/mol. The second kappa shape index (κ2) is 11.5. The van der Waals surface area contributed by atoms with E-state index in [9.17, 15) is 9.18 Å². The third kappa shape index (κ3) is 6.89. The van der Waals surface area contributed by atoms with E-state index in [1.807, 2.05) is 13.0 Å². The van der Waals surface area contributed by atoms with Gasteiger partial charge in [-0.2, -0.15) is 0 Å². The Kier molecular flexibility index (Phi) is 8.61. The Labute approximate surface area is 215 Å². The number of halogens is 3. The van der Waals surface area contributed by atoms with E-state index in [1.165, 1.54) is 20.0 Å². The number of allylic oxidation sites excluding steroid dienone is 1. The maximum Gasteiger partial charge on any atom is 0.328 e. The smallest absolute Gasteiger partial charge is 0.328 e. The minimum atomic E-state index is -1.61. The van der Waals surface area contributed by atoms with Crippen molar-refractivity contribution in [2.75, 3.05) is 13.6 Å². The molecule has 1 aliphatic heterocycles. The van der Waals surface area contributed by atoms with Crippen LogP contribution in [0, 0.1) is 23.5 Å². The first-order chi connectivity index (χ1) is 17.4. The summed E-state index contributed by atoms with van der Waals surface area (Å²) in [4.78, 5) is 16.5. The highest BCUT2D eigenvalue weighted by Crippen LogP contribution is 2.41. The zero-order chi connectivity index (χ0) is 27.3. The minimum Gasteiger partial charge on any atom is -0.478 e. The van der Waals surface area contributed by atoms with E-state index in [4.69, 9.17) is 10.8 Å². The Hall–Kier alpha value is -3.83. The molecule has 0 saturated carbocycles. The van der Waals surface area contributed by atoms with E-state index in [2.05, 4.69) is 16.8 Å². The first-order valence-corrected chi connectivity index (χ1v) is 11.8. The fraction of sp³-hybridized carbons (Fsp3) is 0.310. The van der Waals surface area contributed by atoms with E-state index < -0.39 is 29.3 Å². The Morgan fingerprint density at radius 1 is 1.27 bits per heavy atom. The van der Waals surface area contributed by atoms with Gasteiger partial charge in [-0.15, -0.1) is 0 Å². The average molecular weight is 510 g/mol. The summed E-state index contributed by atoms with van der Waals surface area (Å²) in [6, 6.07) is 6.46. The molecule has 0 amide bonds. The van der Waals surface area contributed by atoms with Crippen LogP contribution in [0.3, 0.4) is 0 Å². The molecule has 2 atom stereocenters. The number of benzene rings is 2. The Bertz CT molecular complexity index is 1310. The van der Waals surface area contributed by atoms with Crippen molar-refractivity contribution in [3.05, 3.63) is 87.6 Å². The molecule has 1 unspecified atom stereocenters. The predicted octanol–water partition coefficient (Wildman–Crippen LogP) is 5.04. The lowest BCUT2D eigenvalue weighted by Gasteiger charge is -2.44. The molecule has 3 rings (SSSR count). The number of carboxylic acid groups (broad SMARTS) is 1. The van der Waals surface area contributed by atoms with Crippen molar-refractivity contribution in [3.8, 4) is 11.8 Å². The summed E-state index contributed by atoms with van der Waals surface area (Å²) in [5.74, 6) is 3.07. The zero-order valence-electron chi connectivity index (χ0n) is 21.2. The number of carboxylic acids is 1. The second-order valence-corrected chi connectivity index (χ2v) is 9.59. The summed E-state index contributed by atoms with van der Waals surface area (Å²) in [5, 5.41) is 8.84. The normalized spacial score (nSPS) is 18.6. The number of rotatable bonds is 6. The van der Waals surface area contributed by atoms with Crippen molar-refractivity contribution in [2.45, 2.75) is 44.9 Å². The Morgan fingerprint density at radius 3 is 2.51 bits per heavy atom. The number of alkyl halides is 1. The first kappa shape index (κ1) is 27.8. The summed E-state index contributed by atoms with van der Waals surface area (Å²) >= 11 is 0. The summed E-state index contributed by atoms with van der Waals surface area (Å²) < 4.78 is 45.8. The highest BCUT2D eigenvalue weighted by Gasteiger charge is 2.39. The molecule has 2 aromatic carbocycles. The molecule has 0 aromatic heterocycles. The van der Waals surface area contributed by atoms with Gasteiger partial charge in [0.25, 0.3) is 0 Å². The fourth-order valence-electron chi connectivity index (χ4n) is 4.53. The maximum atomic E-state index is 15.5. The van der Waals surface area contributed by atoms with Crippen molar-refractivity contribution in [1.82, 2.24) is 4.90 Å². The lowest BCUT2D eigenvalue weighted by Crippen LogP contribution is -2.48. The monoisotopic (exact) mass is 509 g/mol. The maximum absolute atomic E-state index is 15.5. The van der Waals surface area contributed by atoms with Crippen LogP contribution in [0.1, 0.15) is 54.6 Å². The molecule has 2 aromatic rings. The van der Waals surface area contributed by atoms with E-state index in [-0.39, 0.29) is 23.7 Å². The molecule has 8 heteroatoms. The number of aliphatic imine (C=N–C) groups is 1. The van der Waals surface area contributed by atoms with Crippen LogP contribution in [0.25, 0.3) is 6.08 Å². The van der Waals surface area contributed by atoms with Gasteiger partial charge in [-0.05, 0) is 74.2 Å². The van der Waals surface area contributed by atoms with Gasteiger partial charge in [-0.3, -0.25) is 9.89 Å². The average Bonchev–Trinajstić information content (AvgIpc) is 2.80. The van der Waals surface area contributed by atoms with Crippen LogP contribution < -0.4 is 5.73 Å². The SMILES string of the molecule is CN=CC(C#Cc1ccc2c(c1)C[C@@H](C)N(CC(C)(C)F)C2c1c(F)cc(/C=C/C(=O)O)cc1F)=CN. The number of aliphatic carboxylic acids is 1. The van der Waals surface area contributed by atoms with Crippen LogP contribution >= 0.6 is 0 Å². The fourth-order valence-corrected chi connectivity index (χ4v) is 4.53. The molecule has 1 aliphatic rings. The Morgan fingerprint density at radius 2 is 1.95 bits per heavy atom. The number of fused-ring (bicyclic) bond motifs is 1. The largest absolute Gasteiger partial charge is 0.478 e. The summed E-state index contributed by atoms with van der Waals surface area (Å²) in [7, 11) is 1.61. The molecule has 0 radical (unpaired) electrons. The van der Waals surface area contributed by atoms with Crippen molar-refractivity contribution in [2.24, 2.45) is 10.7 Å². The lowest BCUT2D eigenvalue weighted by molar-refractivity contribution is -0.131. The van der Waals surface area contributed by atoms with Gasteiger partial charge in [0.15, 0.2) is 0 Å². The van der Waals surface area contributed by atoms with Gasteiger partial charge in [0, 0.05) is 49.3 Å². The lowest BCUT2D eigenvalue weighted by atomic mass is 9.83. The molecule has 0 fully saturated rings. The van der Waals surface area contributed by atoms with Gasteiger partial charge in [0.2, 0.25) is 0 Å². The molecule has 0 bridgehead atoms. The van der Waals surface area contributed by atoms with E-state index in [0.717, 1.165) is 29.8 Å². The van der Waals surface area contributed by atoms with Crippen LogP contribution in [-0.2, 0) is 11.2 Å². The topological polar surface area (TPSA) is 78.9 Å². The van der Waals surface area contributed by atoms with E-state index in [0.29, 0.717) is 23.1 Å².